The first-order valence-electron chi connectivity index (χ1n) is 6.74. The highest BCUT2D eigenvalue weighted by Gasteiger charge is 2.31. The van der Waals surface area contributed by atoms with Crippen molar-refractivity contribution in [2.75, 3.05) is 13.1 Å². The van der Waals surface area contributed by atoms with E-state index in [-0.39, 0.29) is 36.8 Å². The minimum atomic E-state index is -0.376. The lowest BCUT2D eigenvalue weighted by Crippen LogP contribution is -2.46. The van der Waals surface area contributed by atoms with Crippen molar-refractivity contribution in [1.29, 1.82) is 0 Å². The van der Waals surface area contributed by atoms with Crippen molar-refractivity contribution in [2.45, 2.75) is 18.9 Å². The Bertz CT molecular complexity index is 550. The summed E-state index contributed by atoms with van der Waals surface area (Å²) in [4.78, 5) is 23.7. The Morgan fingerprint density at radius 3 is 2.50 bits per heavy atom. The lowest BCUT2D eigenvalue weighted by atomic mass is 10.2. The maximum Gasteiger partial charge on any atom is 0.251 e. The molecule has 1 aromatic rings. The van der Waals surface area contributed by atoms with E-state index >= 15 is 0 Å². The molecule has 1 aromatic carbocycles. The van der Waals surface area contributed by atoms with E-state index in [1.807, 2.05) is 0 Å². The predicted octanol–water partition coefficient (Wildman–Crippen LogP) is 2.00. The van der Waals surface area contributed by atoms with Gasteiger partial charge in [-0.15, -0.1) is 12.4 Å². The average Bonchev–Trinajstić information content (AvgIpc) is 3.29. The zero-order valence-corrected chi connectivity index (χ0v) is 14.1. The molecular formula is C14H18Cl3N3O2. The molecule has 0 radical (unpaired) electrons. The molecule has 22 heavy (non-hydrogen) atoms. The van der Waals surface area contributed by atoms with Gasteiger partial charge in [0.1, 0.15) is 0 Å². The zero-order valence-electron chi connectivity index (χ0n) is 11.8. The van der Waals surface area contributed by atoms with E-state index in [4.69, 9.17) is 28.9 Å². The molecule has 1 unspecified atom stereocenters. The van der Waals surface area contributed by atoms with Gasteiger partial charge in [0.2, 0.25) is 5.91 Å². The molecule has 0 aromatic heterocycles. The Labute approximate surface area is 145 Å². The molecule has 0 bridgehead atoms. The minimum Gasteiger partial charge on any atom is -0.350 e. The molecule has 0 saturated heterocycles. The van der Waals surface area contributed by atoms with Gasteiger partial charge in [-0.25, -0.2) is 0 Å². The van der Waals surface area contributed by atoms with E-state index in [2.05, 4.69) is 10.6 Å². The number of rotatable bonds is 6. The fourth-order valence-corrected chi connectivity index (χ4v) is 2.32. The highest BCUT2D eigenvalue weighted by molar-refractivity contribution is 6.42. The van der Waals surface area contributed by atoms with Crippen molar-refractivity contribution in [2.24, 2.45) is 11.7 Å². The molecule has 2 rings (SSSR count). The van der Waals surface area contributed by atoms with Gasteiger partial charge < -0.3 is 16.4 Å². The maximum absolute atomic E-state index is 11.9. The Hall–Kier alpha value is -1.01. The summed E-state index contributed by atoms with van der Waals surface area (Å²) in [6.07, 6.45) is 2.19. The maximum atomic E-state index is 11.9. The third-order valence-corrected chi connectivity index (χ3v) is 4.12. The van der Waals surface area contributed by atoms with E-state index in [0.717, 1.165) is 12.8 Å². The first-order chi connectivity index (χ1) is 10.0. The summed E-state index contributed by atoms with van der Waals surface area (Å²) >= 11 is 11.6. The van der Waals surface area contributed by atoms with Crippen LogP contribution in [0.1, 0.15) is 23.2 Å². The molecule has 2 amide bonds. The predicted molar refractivity (Wildman–Crippen MR) is 89.8 cm³/mol. The number of amides is 2. The first-order valence-corrected chi connectivity index (χ1v) is 7.49. The fraction of sp³-hybridized carbons (Fsp3) is 0.429. The van der Waals surface area contributed by atoms with E-state index in [9.17, 15) is 9.59 Å². The van der Waals surface area contributed by atoms with Gasteiger partial charge in [-0.2, -0.15) is 0 Å². The summed E-state index contributed by atoms with van der Waals surface area (Å²) in [5, 5.41) is 6.04. The summed E-state index contributed by atoms with van der Waals surface area (Å²) in [5.74, 6) is -0.144. The highest BCUT2D eigenvalue weighted by atomic mass is 35.5. The average molecular weight is 367 g/mol. The number of hydrogen-bond donors (Lipinski definition) is 3. The smallest absolute Gasteiger partial charge is 0.251 e. The molecule has 1 atom stereocenters. The Kier molecular flexibility index (Phi) is 7.42. The monoisotopic (exact) mass is 365 g/mol. The number of benzene rings is 1. The van der Waals surface area contributed by atoms with Gasteiger partial charge in [0.25, 0.3) is 5.91 Å². The normalized spacial score (nSPS) is 14.7. The third-order valence-electron chi connectivity index (χ3n) is 3.38. The zero-order chi connectivity index (χ0) is 15.4. The van der Waals surface area contributed by atoms with Gasteiger partial charge in [-0.1, -0.05) is 23.2 Å². The fourth-order valence-electron chi connectivity index (χ4n) is 2.03. The van der Waals surface area contributed by atoms with E-state index in [0.29, 0.717) is 28.1 Å². The molecule has 4 N–H and O–H groups in total. The Morgan fingerprint density at radius 2 is 1.95 bits per heavy atom. The molecule has 122 valence electrons. The lowest BCUT2D eigenvalue weighted by molar-refractivity contribution is -0.120. The second-order valence-electron chi connectivity index (χ2n) is 5.06. The SMILES string of the molecule is Cl.NCC(NC(=O)CNC(=O)c1ccc(Cl)c(Cl)c1)C1CC1. The van der Waals surface area contributed by atoms with Crippen LogP contribution in [0.15, 0.2) is 18.2 Å². The van der Waals surface area contributed by atoms with Crippen LogP contribution in [0.5, 0.6) is 0 Å². The van der Waals surface area contributed by atoms with Crippen LogP contribution in [0.4, 0.5) is 0 Å². The van der Waals surface area contributed by atoms with Gasteiger partial charge >= 0.3 is 0 Å². The molecule has 0 heterocycles. The van der Waals surface area contributed by atoms with Crippen molar-refractivity contribution in [3.8, 4) is 0 Å². The molecule has 1 aliphatic rings. The molecule has 0 aliphatic heterocycles. The van der Waals surface area contributed by atoms with Gasteiger partial charge in [0, 0.05) is 18.2 Å². The van der Waals surface area contributed by atoms with Crippen LogP contribution in [-0.2, 0) is 4.79 Å². The van der Waals surface area contributed by atoms with Crippen molar-refractivity contribution in [1.82, 2.24) is 10.6 Å². The van der Waals surface area contributed by atoms with E-state index in [1.54, 1.807) is 6.07 Å². The number of nitrogens with two attached hydrogens (primary N) is 1. The van der Waals surface area contributed by atoms with E-state index < -0.39 is 0 Å². The number of carbonyl (C=O) groups is 2. The Morgan fingerprint density at radius 1 is 1.27 bits per heavy atom. The van der Waals surface area contributed by atoms with Gasteiger partial charge in [-0.3, -0.25) is 9.59 Å². The van der Waals surface area contributed by atoms with Crippen LogP contribution < -0.4 is 16.4 Å². The quantitative estimate of drug-likeness (QED) is 0.720. The second-order valence-corrected chi connectivity index (χ2v) is 5.87. The molecule has 8 heteroatoms. The number of carbonyl (C=O) groups excluding carboxylic acids is 2. The summed E-state index contributed by atoms with van der Waals surface area (Å²) in [7, 11) is 0. The van der Waals surface area contributed by atoms with Crippen LogP contribution in [0.3, 0.4) is 0 Å². The van der Waals surface area contributed by atoms with E-state index in [1.165, 1.54) is 12.1 Å². The molecular weight excluding hydrogens is 349 g/mol. The van der Waals surface area contributed by atoms with Crippen molar-refractivity contribution < 1.29 is 9.59 Å². The molecule has 1 aliphatic carbocycles. The van der Waals surface area contributed by atoms with Crippen molar-refractivity contribution >= 4 is 47.4 Å². The largest absolute Gasteiger partial charge is 0.350 e. The number of hydrogen-bond acceptors (Lipinski definition) is 3. The van der Waals surface area contributed by atoms with Gasteiger partial charge in [0.05, 0.1) is 16.6 Å². The highest BCUT2D eigenvalue weighted by Crippen LogP contribution is 2.32. The van der Waals surface area contributed by atoms with Gasteiger partial charge in [0.15, 0.2) is 0 Å². The Balaban J connectivity index is 0.00000242. The standard InChI is InChI=1S/C14H17Cl2N3O2.ClH/c15-10-4-3-9(5-11(10)16)14(21)18-7-13(20)19-12(6-17)8-1-2-8;/h3-5,8,12H,1-2,6-7,17H2,(H,18,21)(H,19,20);1H. The summed E-state index contributed by atoms with van der Waals surface area (Å²) in [5.41, 5.74) is 5.97. The topological polar surface area (TPSA) is 84.2 Å². The second kappa shape index (κ2) is 8.58. The van der Waals surface area contributed by atoms with Gasteiger partial charge in [-0.05, 0) is 37.0 Å². The molecule has 1 saturated carbocycles. The molecule has 0 spiro atoms. The van der Waals surface area contributed by atoms with Crippen LogP contribution in [0.25, 0.3) is 0 Å². The van der Waals surface area contributed by atoms with Crippen molar-refractivity contribution in [3.05, 3.63) is 33.8 Å². The van der Waals surface area contributed by atoms with Crippen LogP contribution in [0, 0.1) is 5.92 Å². The van der Waals surface area contributed by atoms with Crippen molar-refractivity contribution in [3.63, 3.8) is 0 Å². The lowest BCUT2D eigenvalue weighted by Gasteiger charge is -2.16. The first kappa shape index (κ1) is 19.0. The number of halogens is 3. The molecule has 5 nitrogen and oxygen atoms in total. The van der Waals surface area contributed by atoms with Crippen LogP contribution in [-0.4, -0.2) is 30.9 Å². The summed E-state index contributed by atoms with van der Waals surface area (Å²) in [6.45, 7) is 0.319. The molecule has 1 fully saturated rings. The number of nitrogens with one attached hydrogen (secondary N) is 2. The van der Waals surface area contributed by atoms with Crippen LogP contribution in [0.2, 0.25) is 10.0 Å². The minimum absolute atomic E-state index is 0. The summed E-state index contributed by atoms with van der Waals surface area (Å²) < 4.78 is 0. The van der Waals surface area contributed by atoms with Crippen LogP contribution >= 0.6 is 35.6 Å². The summed E-state index contributed by atoms with van der Waals surface area (Å²) in [6, 6.07) is 4.55. The third kappa shape index (κ3) is 5.32.